The number of nitrogens with one attached hydrogen (secondary N) is 1. The number of aromatic nitrogens is 1. The van der Waals surface area contributed by atoms with Gasteiger partial charge in [-0.25, -0.2) is 4.98 Å². The van der Waals surface area contributed by atoms with E-state index < -0.39 is 0 Å². The van der Waals surface area contributed by atoms with Crippen molar-refractivity contribution < 1.29 is 13.9 Å². The zero-order valence-corrected chi connectivity index (χ0v) is 17.8. The number of methoxy groups -OCH3 is 1. The van der Waals surface area contributed by atoms with Gasteiger partial charge in [0.25, 0.3) is 5.91 Å². The van der Waals surface area contributed by atoms with Crippen LogP contribution in [0.15, 0.2) is 63.5 Å². The zero-order valence-electron chi connectivity index (χ0n) is 16.2. The molecular formula is C23H19BrN2O3. The van der Waals surface area contributed by atoms with Gasteiger partial charge in [0.1, 0.15) is 11.3 Å². The first-order valence-corrected chi connectivity index (χ1v) is 9.87. The van der Waals surface area contributed by atoms with Crippen LogP contribution in [0.5, 0.6) is 5.75 Å². The molecule has 0 atom stereocenters. The summed E-state index contributed by atoms with van der Waals surface area (Å²) in [6.07, 6.45) is 0. The highest BCUT2D eigenvalue weighted by atomic mass is 79.9. The highest BCUT2D eigenvalue weighted by molar-refractivity contribution is 9.10. The van der Waals surface area contributed by atoms with Crippen molar-refractivity contribution in [3.63, 3.8) is 0 Å². The molecule has 0 bridgehead atoms. The molecule has 146 valence electrons. The van der Waals surface area contributed by atoms with E-state index in [1.165, 1.54) is 0 Å². The maximum Gasteiger partial charge on any atom is 0.255 e. The molecular weight excluding hydrogens is 432 g/mol. The summed E-state index contributed by atoms with van der Waals surface area (Å²) in [7, 11) is 1.62. The molecule has 0 spiro atoms. The normalized spacial score (nSPS) is 10.9. The van der Waals surface area contributed by atoms with E-state index in [2.05, 4.69) is 26.2 Å². The van der Waals surface area contributed by atoms with Gasteiger partial charge < -0.3 is 14.5 Å². The van der Waals surface area contributed by atoms with E-state index in [-0.39, 0.29) is 5.91 Å². The summed E-state index contributed by atoms with van der Waals surface area (Å²) in [6, 6.07) is 16.7. The number of anilines is 1. The predicted molar refractivity (Wildman–Crippen MR) is 118 cm³/mol. The van der Waals surface area contributed by atoms with Crippen LogP contribution >= 0.6 is 15.9 Å². The number of hydrogen-bond acceptors (Lipinski definition) is 4. The van der Waals surface area contributed by atoms with Crippen molar-refractivity contribution >= 4 is 38.6 Å². The summed E-state index contributed by atoms with van der Waals surface area (Å²) in [5, 5.41) is 2.93. The van der Waals surface area contributed by atoms with Crippen molar-refractivity contribution in [1.29, 1.82) is 0 Å². The van der Waals surface area contributed by atoms with Gasteiger partial charge >= 0.3 is 0 Å². The molecule has 4 aromatic rings. The highest BCUT2D eigenvalue weighted by Crippen LogP contribution is 2.32. The van der Waals surface area contributed by atoms with Crippen LogP contribution in [-0.4, -0.2) is 18.0 Å². The summed E-state index contributed by atoms with van der Waals surface area (Å²) in [5.74, 6) is 1.08. The molecule has 0 saturated heterocycles. The SMILES string of the molecule is COc1ccc(-c2nc3cc(NC(=O)c4ccc(C)c(C)c4)ccc3o2)cc1Br. The van der Waals surface area contributed by atoms with Crippen LogP contribution in [0.2, 0.25) is 0 Å². The molecule has 0 aliphatic heterocycles. The van der Waals surface area contributed by atoms with Gasteiger partial charge in [-0.05, 0) is 89.4 Å². The molecule has 5 nitrogen and oxygen atoms in total. The van der Waals surface area contributed by atoms with Gasteiger partial charge in [-0.2, -0.15) is 0 Å². The zero-order chi connectivity index (χ0) is 20.5. The van der Waals surface area contributed by atoms with Gasteiger partial charge in [0, 0.05) is 16.8 Å². The molecule has 1 heterocycles. The first-order chi connectivity index (χ1) is 13.9. The molecule has 0 saturated carbocycles. The summed E-state index contributed by atoms with van der Waals surface area (Å²) < 4.78 is 12.0. The van der Waals surface area contributed by atoms with Gasteiger partial charge in [-0.15, -0.1) is 0 Å². The Labute approximate surface area is 176 Å². The van der Waals surface area contributed by atoms with Crippen molar-refractivity contribution in [2.24, 2.45) is 0 Å². The van der Waals surface area contributed by atoms with Crippen molar-refractivity contribution in [2.75, 3.05) is 12.4 Å². The van der Waals surface area contributed by atoms with E-state index in [9.17, 15) is 4.79 Å². The maximum absolute atomic E-state index is 12.6. The molecule has 0 unspecified atom stereocenters. The summed E-state index contributed by atoms with van der Waals surface area (Å²) >= 11 is 3.48. The Hall–Kier alpha value is -3.12. The quantitative estimate of drug-likeness (QED) is 0.405. The summed E-state index contributed by atoms with van der Waals surface area (Å²) in [6.45, 7) is 4.01. The average molecular weight is 451 g/mol. The van der Waals surface area contributed by atoms with Crippen LogP contribution in [0.25, 0.3) is 22.6 Å². The van der Waals surface area contributed by atoms with Gasteiger partial charge in [0.2, 0.25) is 5.89 Å². The lowest BCUT2D eigenvalue weighted by atomic mass is 10.1. The molecule has 29 heavy (non-hydrogen) atoms. The van der Waals surface area contributed by atoms with E-state index in [0.717, 1.165) is 26.9 Å². The lowest BCUT2D eigenvalue weighted by Gasteiger charge is -2.07. The fourth-order valence-electron chi connectivity index (χ4n) is 3.01. The largest absolute Gasteiger partial charge is 0.496 e. The number of ether oxygens (including phenoxy) is 1. The number of oxazole rings is 1. The van der Waals surface area contributed by atoms with Crippen molar-refractivity contribution in [1.82, 2.24) is 4.98 Å². The van der Waals surface area contributed by atoms with E-state index in [4.69, 9.17) is 9.15 Å². The first-order valence-electron chi connectivity index (χ1n) is 9.08. The second kappa shape index (κ2) is 7.72. The molecule has 0 fully saturated rings. The minimum absolute atomic E-state index is 0.157. The molecule has 3 aromatic carbocycles. The number of halogens is 1. The molecule has 1 amide bonds. The molecule has 4 rings (SSSR count). The second-order valence-corrected chi connectivity index (χ2v) is 7.66. The third-order valence-corrected chi connectivity index (χ3v) is 5.43. The molecule has 1 N–H and O–H groups in total. The number of rotatable bonds is 4. The lowest BCUT2D eigenvalue weighted by molar-refractivity contribution is 0.102. The third-order valence-electron chi connectivity index (χ3n) is 4.81. The summed E-state index contributed by atoms with van der Waals surface area (Å²) in [4.78, 5) is 17.1. The van der Waals surface area contributed by atoms with E-state index >= 15 is 0 Å². The van der Waals surface area contributed by atoms with Crippen LogP contribution in [0.3, 0.4) is 0 Å². The minimum Gasteiger partial charge on any atom is -0.496 e. The molecule has 0 aliphatic carbocycles. The van der Waals surface area contributed by atoms with Gasteiger partial charge in [-0.1, -0.05) is 6.07 Å². The number of nitrogens with zero attached hydrogens (tertiary/aromatic N) is 1. The second-order valence-electron chi connectivity index (χ2n) is 6.80. The minimum atomic E-state index is -0.157. The fourth-order valence-corrected chi connectivity index (χ4v) is 3.55. The molecule has 0 aliphatic rings. The molecule has 0 radical (unpaired) electrons. The Bertz CT molecular complexity index is 1230. The molecule has 6 heteroatoms. The Morgan fingerprint density at radius 2 is 1.86 bits per heavy atom. The average Bonchev–Trinajstić information content (AvgIpc) is 3.13. The number of hydrogen-bond donors (Lipinski definition) is 1. The van der Waals surface area contributed by atoms with Crippen LogP contribution in [-0.2, 0) is 0 Å². The summed E-state index contributed by atoms with van der Waals surface area (Å²) in [5.41, 5.74) is 5.67. The standard InChI is InChI=1S/C23H19BrN2O3/c1-13-4-5-15(10-14(13)2)22(27)25-17-7-9-21-19(12-17)26-23(29-21)16-6-8-20(28-3)18(24)11-16/h4-12H,1-3H3,(H,25,27). The first kappa shape index (κ1) is 19.2. The monoisotopic (exact) mass is 450 g/mol. The van der Waals surface area contributed by atoms with Crippen LogP contribution in [0.1, 0.15) is 21.5 Å². The Kier molecular flexibility index (Phi) is 5.11. The molecule has 1 aromatic heterocycles. The van der Waals surface area contributed by atoms with Crippen LogP contribution in [0.4, 0.5) is 5.69 Å². The number of carbonyl (C=O) groups is 1. The van der Waals surface area contributed by atoms with E-state index in [1.807, 2.05) is 50.2 Å². The van der Waals surface area contributed by atoms with Gasteiger partial charge in [-0.3, -0.25) is 4.79 Å². The van der Waals surface area contributed by atoms with Crippen LogP contribution < -0.4 is 10.1 Å². The van der Waals surface area contributed by atoms with Crippen molar-refractivity contribution in [3.05, 3.63) is 75.8 Å². The fraction of sp³-hybridized carbons (Fsp3) is 0.130. The number of benzene rings is 3. The Balaban J connectivity index is 1.60. The number of fused-ring (bicyclic) bond motifs is 1. The van der Waals surface area contributed by atoms with Gasteiger partial charge in [0.05, 0.1) is 11.6 Å². The topological polar surface area (TPSA) is 64.4 Å². The predicted octanol–water partition coefficient (Wildman–Crippen LogP) is 6.14. The highest BCUT2D eigenvalue weighted by Gasteiger charge is 2.13. The number of carbonyl (C=O) groups excluding carboxylic acids is 1. The van der Waals surface area contributed by atoms with E-state index in [0.29, 0.717) is 28.2 Å². The van der Waals surface area contributed by atoms with Crippen LogP contribution in [0, 0.1) is 13.8 Å². The van der Waals surface area contributed by atoms with E-state index in [1.54, 1.807) is 25.3 Å². The third kappa shape index (κ3) is 3.89. The Morgan fingerprint density at radius 3 is 2.59 bits per heavy atom. The lowest BCUT2D eigenvalue weighted by Crippen LogP contribution is -2.12. The number of amides is 1. The number of aryl methyl sites for hydroxylation is 2. The van der Waals surface area contributed by atoms with Crippen molar-refractivity contribution in [2.45, 2.75) is 13.8 Å². The van der Waals surface area contributed by atoms with Gasteiger partial charge in [0.15, 0.2) is 5.58 Å². The maximum atomic E-state index is 12.6. The van der Waals surface area contributed by atoms with Crippen molar-refractivity contribution in [3.8, 4) is 17.2 Å². The smallest absolute Gasteiger partial charge is 0.255 e. The Morgan fingerprint density at radius 1 is 1.03 bits per heavy atom.